The largest absolute Gasteiger partial charge is 0.265 e. The molecule has 0 aliphatic heterocycles. The number of aryl methyl sites for hydroxylation is 1. The van der Waals surface area contributed by atoms with Crippen LogP contribution in [0.4, 0.5) is 11.6 Å². The number of H-pyrrole nitrogens is 1. The highest BCUT2D eigenvalue weighted by atomic mass is 32.2. The van der Waals surface area contributed by atoms with Crippen molar-refractivity contribution in [3.05, 3.63) is 36.2 Å². The Labute approximate surface area is 136 Å². The van der Waals surface area contributed by atoms with Crippen molar-refractivity contribution in [3.8, 4) is 5.69 Å². The van der Waals surface area contributed by atoms with E-state index in [0.717, 1.165) is 16.3 Å². The maximum atomic E-state index is 4.44. The molecule has 0 bridgehead atoms. The van der Waals surface area contributed by atoms with Crippen molar-refractivity contribution in [1.82, 2.24) is 25.0 Å². The molecule has 3 aromatic rings. The molecule has 2 heterocycles. The first-order chi connectivity index (χ1) is 10.7. The van der Waals surface area contributed by atoms with E-state index in [1.165, 1.54) is 11.8 Å². The summed E-state index contributed by atoms with van der Waals surface area (Å²) in [6.07, 6.45) is 3.70. The van der Waals surface area contributed by atoms with Crippen LogP contribution in [0.5, 0.6) is 0 Å². The minimum atomic E-state index is 0.367. The topological polar surface area (TPSA) is 84.1 Å². The summed E-state index contributed by atoms with van der Waals surface area (Å²) in [7, 11) is 0. The van der Waals surface area contributed by atoms with Gasteiger partial charge in [0.25, 0.3) is 5.95 Å². The fraction of sp³-hybridized carbons (Fsp3) is 0.154. The first-order valence-corrected chi connectivity index (χ1v) is 8.07. The number of para-hydroxylation sites is 1. The molecule has 0 spiro atoms. The quantitative estimate of drug-likeness (QED) is 0.433. The van der Waals surface area contributed by atoms with Gasteiger partial charge < -0.3 is 0 Å². The summed E-state index contributed by atoms with van der Waals surface area (Å²) in [6.45, 7) is 1.87. The predicted octanol–water partition coefficient (Wildman–Crippen LogP) is 3.72. The van der Waals surface area contributed by atoms with Gasteiger partial charge in [0.1, 0.15) is 5.69 Å². The van der Waals surface area contributed by atoms with Crippen LogP contribution in [0.1, 0.15) is 5.69 Å². The zero-order valence-corrected chi connectivity index (χ0v) is 13.6. The van der Waals surface area contributed by atoms with Crippen molar-refractivity contribution in [2.24, 2.45) is 10.2 Å². The van der Waals surface area contributed by atoms with E-state index in [9.17, 15) is 0 Å². The van der Waals surface area contributed by atoms with E-state index >= 15 is 0 Å². The van der Waals surface area contributed by atoms with Crippen LogP contribution in [0.15, 0.2) is 50.7 Å². The highest BCUT2D eigenvalue weighted by Gasteiger charge is 2.08. The third kappa shape index (κ3) is 3.04. The lowest BCUT2D eigenvalue weighted by molar-refractivity contribution is 0.846. The summed E-state index contributed by atoms with van der Waals surface area (Å²) in [4.78, 5) is 4.99. The SMILES string of the molecule is CSc1n[nH]c(N=Nc2cn(-c3ccccc3S)nc2C)n1. The van der Waals surface area contributed by atoms with Crippen LogP contribution in [0.25, 0.3) is 5.69 Å². The first-order valence-electron chi connectivity index (χ1n) is 6.40. The van der Waals surface area contributed by atoms with Crippen molar-refractivity contribution < 1.29 is 0 Å². The van der Waals surface area contributed by atoms with Gasteiger partial charge in [-0.1, -0.05) is 23.9 Å². The van der Waals surface area contributed by atoms with E-state index in [4.69, 9.17) is 0 Å². The smallest absolute Gasteiger partial charge is 0.241 e. The van der Waals surface area contributed by atoms with Crippen LogP contribution in [0.3, 0.4) is 0 Å². The normalized spacial score (nSPS) is 11.4. The molecule has 0 aliphatic carbocycles. The van der Waals surface area contributed by atoms with Gasteiger partial charge in [-0.2, -0.15) is 10.1 Å². The van der Waals surface area contributed by atoms with Crippen molar-refractivity contribution in [1.29, 1.82) is 0 Å². The number of nitrogens with zero attached hydrogens (tertiary/aromatic N) is 6. The molecule has 0 unspecified atom stereocenters. The Morgan fingerprint density at radius 2 is 2.09 bits per heavy atom. The van der Waals surface area contributed by atoms with E-state index in [0.29, 0.717) is 16.8 Å². The van der Waals surface area contributed by atoms with Gasteiger partial charge in [-0.15, -0.1) is 28.0 Å². The molecule has 0 amide bonds. The zero-order valence-electron chi connectivity index (χ0n) is 11.9. The van der Waals surface area contributed by atoms with Gasteiger partial charge in [-0.25, -0.2) is 9.78 Å². The molecular formula is C13H13N7S2. The van der Waals surface area contributed by atoms with Crippen molar-refractivity contribution in [3.63, 3.8) is 0 Å². The van der Waals surface area contributed by atoms with E-state index in [1.807, 2.05) is 37.4 Å². The number of thiol groups is 1. The number of aromatic nitrogens is 5. The van der Waals surface area contributed by atoms with Crippen LogP contribution in [0.2, 0.25) is 0 Å². The van der Waals surface area contributed by atoms with Crippen LogP contribution < -0.4 is 0 Å². The predicted molar refractivity (Wildman–Crippen MR) is 87.9 cm³/mol. The second kappa shape index (κ2) is 6.32. The fourth-order valence-corrected chi connectivity index (χ4v) is 2.38. The zero-order chi connectivity index (χ0) is 15.5. The number of thioether (sulfide) groups is 1. The summed E-state index contributed by atoms with van der Waals surface area (Å²) >= 11 is 5.87. The van der Waals surface area contributed by atoms with Gasteiger partial charge in [-0.05, 0) is 25.3 Å². The van der Waals surface area contributed by atoms with Gasteiger partial charge >= 0.3 is 0 Å². The number of hydrogen-bond donors (Lipinski definition) is 2. The molecule has 3 rings (SSSR count). The molecule has 0 saturated heterocycles. The fourth-order valence-electron chi connectivity index (χ4n) is 1.81. The minimum Gasteiger partial charge on any atom is -0.241 e. The molecule has 112 valence electrons. The second-order valence-corrected chi connectivity index (χ2v) is 5.63. The molecule has 0 fully saturated rings. The van der Waals surface area contributed by atoms with Crippen molar-refractivity contribution >= 4 is 36.0 Å². The molecule has 9 heteroatoms. The molecule has 22 heavy (non-hydrogen) atoms. The van der Waals surface area contributed by atoms with Gasteiger partial charge in [0, 0.05) is 4.90 Å². The molecule has 0 aliphatic rings. The average Bonchev–Trinajstić information content (AvgIpc) is 3.12. The van der Waals surface area contributed by atoms with E-state index in [1.54, 1.807) is 10.9 Å². The molecule has 0 saturated carbocycles. The molecule has 2 aromatic heterocycles. The monoisotopic (exact) mass is 331 g/mol. The van der Waals surface area contributed by atoms with Crippen LogP contribution >= 0.6 is 24.4 Å². The molecule has 7 nitrogen and oxygen atoms in total. The molecule has 1 aromatic carbocycles. The molecular weight excluding hydrogens is 318 g/mol. The lowest BCUT2D eigenvalue weighted by Gasteiger charge is -2.03. The number of aromatic amines is 1. The highest BCUT2D eigenvalue weighted by Crippen LogP contribution is 2.24. The third-order valence-electron chi connectivity index (χ3n) is 2.89. The Balaban J connectivity index is 1.88. The lowest BCUT2D eigenvalue weighted by Crippen LogP contribution is -1.95. The number of benzene rings is 1. The summed E-state index contributed by atoms with van der Waals surface area (Å²) in [6, 6.07) is 7.72. The van der Waals surface area contributed by atoms with Gasteiger partial charge in [0.2, 0.25) is 5.16 Å². The van der Waals surface area contributed by atoms with E-state index in [-0.39, 0.29) is 0 Å². The van der Waals surface area contributed by atoms with Crippen LogP contribution in [0, 0.1) is 6.92 Å². The highest BCUT2D eigenvalue weighted by molar-refractivity contribution is 7.98. The average molecular weight is 331 g/mol. The first kappa shape index (κ1) is 14.8. The van der Waals surface area contributed by atoms with Crippen molar-refractivity contribution in [2.75, 3.05) is 6.26 Å². The Hall–Kier alpha value is -2.13. The summed E-state index contributed by atoms with van der Waals surface area (Å²) in [5, 5.41) is 20.0. The summed E-state index contributed by atoms with van der Waals surface area (Å²) in [5.41, 5.74) is 2.32. The summed E-state index contributed by atoms with van der Waals surface area (Å²) in [5.74, 6) is 0.367. The van der Waals surface area contributed by atoms with E-state index < -0.39 is 0 Å². The minimum absolute atomic E-state index is 0.367. The van der Waals surface area contributed by atoms with E-state index in [2.05, 4.69) is 43.1 Å². The number of hydrogen-bond acceptors (Lipinski definition) is 7. The lowest BCUT2D eigenvalue weighted by atomic mass is 10.3. The molecule has 1 N–H and O–H groups in total. The molecule has 0 atom stereocenters. The second-order valence-electron chi connectivity index (χ2n) is 4.38. The number of rotatable bonds is 4. The standard InChI is InChI=1S/C13H13N7S2/c1-8-9(15-16-12-14-13(22-2)18-17-12)7-20(19-8)10-5-3-4-6-11(10)21/h3-7,21H,1-2H3,(H,14,17,18). The maximum Gasteiger partial charge on any atom is 0.265 e. The number of nitrogens with one attached hydrogen (secondary N) is 1. The van der Waals surface area contributed by atoms with Gasteiger partial charge in [0.05, 0.1) is 17.6 Å². The Morgan fingerprint density at radius 3 is 2.82 bits per heavy atom. The van der Waals surface area contributed by atoms with Crippen LogP contribution in [-0.2, 0) is 0 Å². The Morgan fingerprint density at radius 1 is 1.27 bits per heavy atom. The third-order valence-corrected chi connectivity index (χ3v) is 3.82. The van der Waals surface area contributed by atoms with Crippen molar-refractivity contribution in [2.45, 2.75) is 17.0 Å². The Bertz CT molecular complexity index is 821. The Kier molecular flexibility index (Phi) is 4.25. The maximum absolute atomic E-state index is 4.44. The van der Waals surface area contributed by atoms with Gasteiger partial charge in [-0.3, -0.25) is 0 Å². The number of azo groups is 1. The van der Waals surface area contributed by atoms with Gasteiger partial charge in [0.15, 0.2) is 0 Å². The van der Waals surface area contributed by atoms with Crippen LogP contribution in [-0.4, -0.2) is 31.2 Å². The molecule has 0 radical (unpaired) electrons. The summed E-state index contributed by atoms with van der Waals surface area (Å²) < 4.78 is 1.74.